The Morgan fingerprint density at radius 1 is 1.33 bits per heavy atom. The minimum absolute atomic E-state index is 0.00986. The minimum atomic E-state index is -0.991. The van der Waals surface area contributed by atoms with E-state index in [0.29, 0.717) is 25.2 Å². The average molecular weight is 289 g/mol. The molecule has 0 bridgehead atoms. The van der Waals surface area contributed by atoms with Crippen LogP contribution in [0.25, 0.3) is 5.78 Å². The van der Waals surface area contributed by atoms with Crippen molar-refractivity contribution < 1.29 is 14.7 Å². The lowest BCUT2D eigenvalue weighted by molar-refractivity contribution is -0.141. The van der Waals surface area contributed by atoms with Gasteiger partial charge in [0.15, 0.2) is 0 Å². The van der Waals surface area contributed by atoms with Crippen LogP contribution >= 0.6 is 0 Å². The summed E-state index contributed by atoms with van der Waals surface area (Å²) in [6, 6.07) is 1.05. The van der Waals surface area contributed by atoms with E-state index in [1.165, 1.54) is 9.42 Å². The molecule has 1 aliphatic heterocycles. The van der Waals surface area contributed by atoms with Crippen LogP contribution in [0.1, 0.15) is 34.8 Å². The second-order valence-electron chi connectivity index (χ2n) is 5.18. The molecule has 1 N–H and O–H groups in total. The van der Waals surface area contributed by atoms with E-state index in [-0.39, 0.29) is 5.82 Å². The molecule has 3 heterocycles. The maximum Gasteiger partial charge on any atom is 0.326 e. The van der Waals surface area contributed by atoms with Crippen LogP contribution in [0.5, 0.6) is 0 Å². The van der Waals surface area contributed by atoms with Gasteiger partial charge < -0.3 is 10.0 Å². The Balaban J connectivity index is 1.98. The van der Waals surface area contributed by atoms with Crippen LogP contribution in [-0.4, -0.2) is 54.1 Å². The average Bonchev–Trinajstić information content (AvgIpc) is 3.03. The quantitative estimate of drug-likeness (QED) is 0.860. The molecular weight excluding hydrogens is 274 g/mol. The first-order chi connectivity index (χ1) is 9.97. The van der Waals surface area contributed by atoms with Crippen LogP contribution in [0.15, 0.2) is 6.07 Å². The summed E-state index contributed by atoms with van der Waals surface area (Å²) in [5.41, 5.74) is 1.61. The molecular formula is C13H15N5O3. The lowest BCUT2D eigenvalue weighted by Crippen LogP contribution is -2.40. The van der Waals surface area contributed by atoms with Crippen molar-refractivity contribution in [1.82, 2.24) is 24.5 Å². The van der Waals surface area contributed by atoms with E-state index in [1.807, 2.05) is 19.9 Å². The van der Waals surface area contributed by atoms with E-state index in [4.69, 9.17) is 5.11 Å². The number of carboxylic acid groups (broad SMARTS) is 1. The summed E-state index contributed by atoms with van der Waals surface area (Å²) < 4.78 is 1.49. The highest BCUT2D eigenvalue weighted by atomic mass is 16.4. The van der Waals surface area contributed by atoms with Gasteiger partial charge in [-0.05, 0) is 32.8 Å². The summed E-state index contributed by atoms with van der Waals surface area (Å²) >= 11 is 0. The van der Waals surface area contributed by atoms with Crippen molar-refractivity contribution in [2.45, 2.75) is 32.7 Å². The minimum Gasteiger partial charge on any atom is -0.480 e. The molecule has 1 saturated heterocycles. The summed E-state index contributed by atoms with van der Waals surface area (Å²) in [5.74, 6) is -1.11. The lowest BCUT2D eigenvalue weighted by atomic mass is 10.2. The predicted molar refractivity (Wildman–Crippen MR) is 72.0 cm³/mol. The molecule has 0 saturated carbocycles. The number of hydrogen-bond acceptors (Lipinski definition) is 5. The van der Waals surface area contributed by atoms with Crippen LogP contribution < -0.4 is 0 Å². The zero-order valence-electron chi connectivity index (χ0n) is 11.8. The van der Waals surface area contributed by atoms with Gasteiger partial charge in [0, 0.05) is 17.9 Å². The normalized spacial score (nSPS) is 18.4. The van der Waals surface area contributed by atoms with Crippen LogP contribution in [-0.2, 0) is 4.79 Å². The van der Waals surface area contributed by atoms with Gasteiger partial charge in [0.25, 0.3) is 11.7 Å². The summed E-state index contributed by atoms with van der Waals surface area (Å²) in [5, 5.41) is 13.3. The van der Waals surface area contributed by atoms with Crippen molar-refractivity contribution in [3.63, 3.8) is 0 Å². The molecule has 0 aromatic carbocycles. The Morgan fingerprint density at radius 3 is 2.81 bits per heavy atom. The molecule has 3 rings (SSSR count). The summed E-state index contributed by atoms with van der Waals surface area (Å²) in [7, 11) is 0. The Bertz CT molecular complexity index is 739. The molecule has 8 nitrogen and oxygen atoms in total. The number of hydrogen-bond donors (Lipinski definition) is 1. The van der Waals surface area contributed by atoms with Crippen molar-refractivity contribution in [1.29, 1.82) is 0 Å². The molecule has 0 radical (unpaired) electrons. The van der Waals surface area contributed by atoms with E-state index in [2.05, 4.69) is 15.1 Å². The highest BCUT2D eigenvalue weighted by Gasteiger charge is 2.36. The predicted octanol–water partition coefficient (Wildman–Crippen LogP) is 0.430. The molecule has 1 fully saturated rings. The Kier molecular flexibility index (Phi) is 3.08. The molecule has 0 spiro atoms. The van der Waals surface area contributed by atoms with Crippen LogP contribution in [0, 0.1) is 13.8 Å². The monoisotopic (exact) mass is 289 g/mol. The molecule has 2 aromatic rings. The van der Waals surface area contributed by atoms with Crippen molar-refractivity contribution in [3.8, 4) is 0 Å². The first-order valence-electron chi connectivity index (χ1n) is 6.72. The number of rotatable bonds is 2. The van der Waals surface area contributed by atoms with Crippen molar-refractivity contribution in [3.05, 3.63) is 23.3 Å². The van der Waals surface area contributed by atoms with Crippen LogP contribution in [0.4, 0.5) is 0 Å². The Morgan fingerprint density at radius 2 is 2.10 bits per heavy atom. The van der Waals surface area contributed by atoms with Crippen molar-refractivity contribution in [2.24, 2.45) is 0 Å². The van der Waals surface area contributed by atoms with Gasteiger partial charge in [-0.25, -0.2) is 14.3 Å². The first kappa shape index (κ1) is 13.5. The van der Waals surface area contributed by atoms with E-state index in [1.54, 1.807) is 0 Å². The van der Waals surface area contributed by atoms with E-state index >= 15 is 0 Å². The second-order valence-corrected chi connectivity index (χ2v) is 5.18. The topological polar surface area (TPSA) is 101 Å². The summed E-state index contributed by atoms with van der Waals surface area (Å²) in [6.45, 7) is 4.10. The number of likely N-dealkylation sites (tertiary alicyclic amines) is 1. The molecule has 0 aliphatic carbocycles. The molecule has 21 heavy (non-hydrogen) atoms. The third-order valence-electron chi connectivity index (χ3n) is 3.61. The smallest absolute Gasteiger partial charge is 0.326 e. The molecule has 8 heteroatoms. The second kappa shape index (κ2) is 4.80. The summed E-state index contributed by atoms with van der Waals surface area (Å²) in [4.78, 5) is 33.3. The number of carbonyl (C=O) groups is 2. The van der Waals surface area contributed by atoms with E-state index in [9.17, 15) is 9.59 Å². The molecule has 2 aromatic heterocycles. The van der Waals surface area contributed by atoms with Gasteiger partial charge in [-0.1, -0.05) is 0 Å². The number of nitrogens with zero attached hydrogens (tertiary/aromatic N) is 5. The number of amides is 1. The van der Waals surface area contributed by atoms with Gasteiger partial charge in [0.1, 0.15) is 6.04 Å². The zero-order chi connectivity index (χ0) is 15.1. The van der Waals surface area contributed by atoms with E-state index < -0.39 is 17.9 Å². The van der Waals surface area contributed by atoms with Gasteiger partial charge in [0.05, 0.1) is 0 Å². The van der Waals surface area contributed by atoms with Gasteiger partial charge in [0.2, 0.25) is 5.82 Å². The molecule has 110 valence electrons. The number of aliphatic carboxylic acids is 1. The molecule has 0 unspecified atom stereocenters. The third-order valence-corrected chi connectivity index (χ3v) is 3.61. The number of aryl methyl sites for hydroxylation is 2. The van der Waals surface area contributed by atoms with Gasteiger partial charge in [-0.2, -0.15) is 4.98 Å². The number of carboxylic acids is 1. The first-order valence-corrected chi connectivity index (χ1v) is 6.72. The largest absolute Gasteiger partial charge is 0.480 e. The zero-order valence-corrected chi connectivity index (χ0v) is 11.8. The number of fused-ring (bicyclic) bond motifs is 1. The summed E-state index contributed by atoms with van der Waals surface area (Å²) in [6.07, 6.45) is 1.14. The highest BCUT2D eigenvalue weighted by Crippen LogP contribution is 2.19. The van der Waals surface area contributed by atoms with Crippen molar-refractivity contribution in [2.75, 3.05) is 6.54 Å². The van der Waals surface area contributed by atoms with E-state index in [0.717, 1.165) is 11.4 Å². The molecule has 1 amide bonds. The highest BCUT2D eigenvalue weighted by molar-refractivity contribution is 5.94. The number of aromatic nitrogens is 4. The maximum absolute atomic E-state index is 12.4. The van der Waals surface area contributed by atoms with Gasteiger partial charge in [-0.3, -0.25) is 4.79 Å². The standard InChI is InChI=1S/C13H15N5O3/c1-7-6-8(2)18-13(14-7)15-10(16-18)11(19)17-5-3-4-9(17)12(20)21/h6,9H,3-5H2,1-2H3,(H,20,21)/t9-/m0/s1. The SMILES string of the molecule is Cc1cc(C)n2nc(C(=O)N3CCC[C@H]3C(=O)O)nc2n1. The van der Waals surface area contributed by atoms with Crippen molar-refractivity contribution >= 4 is 17.7 Å². The van der Waals surface area contributed by atoms with Gasteiger partial charge >= 0.3 is 5.97 Å². The molecule has 1 atom stereocenters. The Hall–Kier alpha value is -2.51. The van der Waals surface area contributed by atoms with Crippen LogP contribution in [0.2, 0.25) is 0 Å². The molecule has 1 aliphatic rings. The fraction of sp³-hybridized carbons (Fsp3) is 0.462. The van der Waals surface area contributed by atoms with Crippen LogP contribution in [0.3, 0.4) is 0 Å². The Labute approximate surface area is 120 Å². The fourth-order valence-corrected chi connectivity index (χ4v) is 2.65. The lowest BCUT2D eigenvalue weighted by Gasteiger charge is -2.19. The third kappa shape index (κ3) is 2.22. The number of carbonyl (C=O) groups excluding carboxylic acids is 1. The fourth-order valence-electron chi connectivity index (χ4n) is 2.65. The maximum atomic E-state index is 12.4. The van der Waals surface area contributed by atoms with Gasteiger partial charge in [-0.15, -0.1) is 5.10 Å².